The van der Waals surface area contributed by atoms with E-state index in [0.29, 0.717) is 12.0 Å². The van der Waals surface area contributed by atoms with Gasteiger partial charge in [0, 0.05) is 18.4 Å². The van der Waals surface area contributed by atoms with Gasteiger partial charge in [0.15, 0.2) is 0 Å². The molecule has 0 aliphatic heterocycles. The lowest BCUT2D eigenvalue weighted by atomic mass is 10.1. The highest BCUT2D eigenvalue weighted by atomic mass is 16.5. The van der Waals surface area contributed by atoms with Crippen molar-refractivity contribution >= 4 is 17.7 Å². The summed E-state index contributed by atoms with van der Waals surface area (Å²) < 4.78 is 4.88. The highest BCUT2D eigenvalue weighted by Crippen LogP contribution is 2.01. The number of hydrogen-bond acceptors (Lipinski definition) is 5. The summed E-state index contributed by atoms with van der Waals surface area (Å²) in [5, 5.41) is 0. The van der Waals surface area contributed by atoms with E-state index < -0.39 is 12.0 Å². The normalized spacial score (nSPS) is 11.5. The molecular formula is C15H20N2O4. The van der Waals surface area contributed by atoms with Crippen molar-refractivity contribution in [2.24, 2.45) is 0 Å². The van der Waals surface area contributed by atoms with Crippen molar-refractivity contribution in [3.63, 3.8) is 0 Å². The van der Waals surface area contributed by atoms with Crippen LogP contribution in [-0.2, 0) is 14.3 Å². The Balaban J connectivity index is 2.62. The zero-order valence-electron chi connectivity index (χ0n) is 12.2. The van der Waals surface area contributed by atoms with Crippen LogP contribution in [0.25, 0.3) is 0 Å². The van der Waals surface area contributed by atoms with Crippen LogP contribution in [0, 0.1) is 0 Å². The Bertz CT molecular complexity index is 488. The molecular weight excluding hydrogens is 272 g/mol. The van der Waals surface area contributed by atoms with Crippen LogP contribution in [0.5, 0.6) is 0 Å². The molecule has 1 atom stereocenters. The molecule has 6 heteroatoms. The summed E-state index contributed by atoms with van der Waals surface area (Å²) >= 11 is 0. The predicted octanol–water partition coefficient (Wildman–Crippen LogP) is 1.22. The number of hydrazine groups is 1. The number of carbonyl (C=O) groups excluding carboxylic acids is 3. The number of amides is 1. The summed E-state index contributed by atoms with van der Waals surface area (Å²) in [6.07, 6.45) is 0.300. The standard InChI is InChI=1S/C15H20N2O4/c1-3-12(18)10-13(15(20)21-4-2)16-17-14(19)11-8-6-5-7-9-11/h5-9,13,16H,3-4,10H2,1-2H3,(H,17,19). The van der Waals surface area contributed by atoms with E-state index in [1.807, 2.05) is 0 Å². The number of hydrogen-bond donors (Lipinski definition) is 2. The number of ether oxygens (including phenoxy) is 1. The Morgan fingerprint density at radius 2 is 1.81 bits per heavy atom. The molecule has 0 heterocycles. The zero-order chi connectivity index (χ0) is 15.7. The maximum Gasteiger partial charge on any atom is 0.325 e. The van der Waals surface area contributed by atoms with E-state index in [0.717, 1.165) is 0 Å². The molecule has 114 valence electrons. The first-order valence-corrected chi connectivity index (χ1v) is 6.87. The fraction of sp³-hybridized carbons (Fsp3) is 0.400. The molecule has 0 fully saturated rings. The van der Waals surface area contributed by atoms with Gasteiger partial charge in [-0.05, 0) is 19.1 Å². The van der Waals surface area contributed by atoms with E-state index in [-0.39, 0.29) is 24.7 Å². The second-order valence-corrected chi connectivity index (χ2v) is 4.37. The van der Waals surface area contributed by atoms with Crippen molar-refractivity contribution in [2.75, 3.05) is 6.61 Å². The van der Waals surface area contributed by atoms with E-state index in [4.69, 9.17) is 4.74 Å². The molecule has 1 amide bonds. The van der Waals surface area contributed by atoms with E-state index in [2.05, 4.69) is 10.9 Å². The van der Waals surface area contributed by atoms with Crippen molar-refractivity contribution in [2.45, 2.75) is 32.7 Å². The van der Waals surface area contributed by atoms with Crippen molar-refractivity contribution in [1.29, 1.82) is 0 Å². The van der Waals surface area contributed by atoms with Gasteiger partial charge < -0.3 is 4.74 Å². The molecule has 0 aromatic heterocycles. The fourth-order valence-electron chi connectivity index (χ4n) is 1.62. The Morgan fingerprint density at radius 3 is 2.38 bits per heavy atom. The Kier molecular flexibility index (Phi) is 7.11. The van der Waals surface area contributed by atoms with Gasteiger partial charge in [-0.25, -0.2) is 5.43 Å². The first kappa shape index (κ1) is 16.8. The number of rotatable bonds is 8. The summed E-state index contributed by atoms with van der Waals surface area (Å²) in [6, 6.07) is 7.67. The van der Waals surface area contributed by atoms with Crippen molar-refractivity contribution in [3.8, 4) is 0 Å². The summed E-state index contributed by atoms with van der Waals surface area (Å²) in [5.74, 6) is -1.03. The van der Waals surface area contributed by atoms with Crippen LogP contribution in [0.3, 0.4) is 0 Å². The van der Waals surface area contributed by atoms with Gasteiger partial charge in [-0.3, -0.25) is 19.8 Å². The molecule has 2 N–H and O–H groups in total. The highest BCUT2D eigenvalue weighted by molar-refractivity contribution is 5.94. The molecule has 21 heavy (non-hydrogen) atoms. The van der Waals surface area contributed by atoms with Crippen molar-refractivity contribution < 1.29 is 19.1 Å². The minimum absolute atomic E-state index is 0.0234. The third-order valence-corrected chi connectivity index (χ3v) is 2.79. The quantitative estimate of drug-likeness (QED) is 0.556. The first-order chi connectivity index (χ1) is 10.1. The molecule has 0 saturated carbocycles. The largest absolute Gasteiger partial charge is 0.465 e. The van der Waals surface area contributed by atoms with Crippen molar-refractivity contribution in [3.05, 3.63) is 35.9 Å². The number of Topliss-reactive ketones (excluding diaryl/α,β-unsaturated/α-hetero) is 1. The summed E-state index contributed by atoms with van der Waals surface area (Å²) in [5.41, 5.74) is 5.45. The molecule has 0 saturated heterocycles. The Morgan fingerprint density at radius 1 is 1.14 bits per heavy atom. The average Bonchev–Trinajstić information content (AvgIpc) is 2.51. The van der Waals surface area contributed by atoms with Crippen LogP contribution in [-0.4, -0.2) is 30.3 Å². The van der Waals surface area contributed by atoms with E-state index >= 15 is 0 Å². The molecule has 6 nitrogen and oxygen atoms in total. The molecule has 0 spiro atoms. The first-order valence-electron chi connectivity index (χ1n) is 6.87. The van der Waals surface area contributed by atoms with Gasteiger partial charge in [0.1, 0.15) is 11.8 Å². The van der Waals surface area contributed by atoms with Crippen molar-refractivity contribution in [1.82, 2.24) is 10.9 Å². The molecule has 1 unspecified atom stereocenters. The minimum atomic E-state index is -0.884. The summed E-state index contributed by atoms with van der Waals surface area (Å²) in [7, 11) is 0. The van der Waals surface area contributed by atoms with Crippen LogP contribution in [0.15, 0.2) is 30.3 Å². The van der Waals surface area contributed by atoms with Crippen LogP contribution in [0.4, 0.5) is 0 Å². The van der Waals surface area contributed by atoms with Gasteiger partial charge in [-0.1, -0.05) is 25.1 Å². The third-order valence-electron chi connectivity index (χ3n) is 2.79. The molecule has 1 aromatic carbocycles. The zero-order valence-corrected chi connectivity index (χ0v) is 12.2. The minimum Gasteiger partial charge on any atom is -0.465 e. The smallest absolute Gasteiger partial charge is 0.325 e. The summed E-state index contributed by atoms with van der Waals surface area (Å²) in [4.78, 5) is 35.1. The average molecular weight is 292 g/mol. The second kappa shape index (κ2) is 8.86. The number of esters is 1. The molecule has 0 aliphatic carbocycles. The molecule has 1 rings (SSSR count). The SMILES string of the molecule is CCOC(=O)C(CC(=O)CC)NNC(=O)c1ccccc1. The van der Waals surface area contributed by atoms with E-state index in [1.165, 1.54) is 0 Å². The molecule has 1 aromatic rings. The lowest BCUT2D eigenvalue weighted by Gasteiger charge is -2.17. The highest BCUT2D eigenvalue weighted by Gasteiger charge is 2.23. The van der Waals surface area contributed by atoms with Gasteiger partial charge in [-0.15, -0.1) is 0 Å². The van der Waals surface area contributed by atoms with E-state index in [1.54, 1.807) is 44.2 Å². The van der Waals surface area contributed by atoms with E-state index in [9.17, 15) is 14.4 Å². The molecule has 0 bridgehead atoms. The Hall–Kier alpha value is -2.21. The lowest BCUT2D eigenvalue weighted by molar-refractivity contribution is -0.147. The van der Waals surface area contributed by atoms with Crippen LogP contribution >= 0.6 is 0 Å². The molecule has 0 aliphatic rings. The number of ketones is 1. The van der Waals surface area contributed by atoms with Gasteiger partial charge in [0.25, 0.3) is 5.91 Å². The number of carbonyl (C=O) groups is 3. The van der Waals surface area contributed by atoms with Gasteiger partial charge in [-0.2, -0.15) is 0 Å². The second-order valence-electron chi connectivity index (χ2n) is 4.37. The maximum atomic E-state index is 11.9. The maximum absolute atomic E-state index is 11.9. The lowest BCUT2D eigenvalue weighted by Crippen LogP contribution is -2.49. The monoisotopic (exact) mass is 292 g/mol. The van der Waals surface area contributed by atoms with Crippen LogP contribution < -0.4 is 10.9 Å². The molecule has 0 radical (unpaired) electrons. The van der Waals surface area contributed by atoms with Gasteiger partial charge >= 0.3 is 5.97 Å². The van der Waals surface area contributed by atoms with Gasteiger partial charge in [0.2, 0.25) is 0 Å². The van der Waals surface area contributed by atoms with Crippen LogP contribution in [0.1, 0.15) is 37.0 Å². The topological polar surface area (TPSA) is 84.5 Å². The fourth-order valence-corrected chi connectivity index (χ4v) is 1.62. The number of nitrogens with one attached hydrogen (secondary N) is 2. The third kappa shape index (κ3) is 5.74. The van der Waals surface area contributed by atoms with Gasteiger partial charge in [0.05, 0.1) is 6.61 Å². The number of benzene rings is 1. The van der Waals surface area contributed by atoms with Crippen LogP contribution in [0.2, 0.25) is 0 Å². The summed E-state index contributed by atoms with van der Waals surface area (Å²) in [6.45, 7) is 3.61. The Labute approximate surface area is 123 Å². The predicted molar refractivity (Wildman–Crippen MR) is 77.4 cm³/mol.